The van der Waals surface area contributed by atoms with E-state index in [0.29, 0.717) is 5.95 Å². The number of ether oxygens (including phenoxy) is 1. The van der Waals surface area contributed by atoms with E-state index in [0.717, 1.165) is 30.0 Å². The molecule has 3 aromatic rings. The van der Waals surface area contributed by atoms with E-state index in [2.05, 4.69) is 32.5 Å². The Hall–Kier alpha value is -2.96. The Labute approximate surface area is 140 Å². The average Bonchev–Trinajstić information content (AvgIpc) is 3.14. The van der Waals surface area contributed by atoms with Gasteiger partial charge in [0.25, 0.3) is 0 Å². The number of benzene rings is 1. The lowest BCUT2D eigenvalue weighted by atomic mass is 10.1. The van der Waals surface area contributed by atoms with Crippen LogP contribution in [-0.2, 0) is 6.54 Å². The number of methoxy groups -OCH3 is 1. The molecule has 2 aromatic heterocycles. The molecule has 2 heterocycles. The van der Waals surface area contributed by atoms with E-state index in [1.54, 1.807) is 19.5 Å². The first-order chi connectivity index (χ1) is 11.7. The molecular weight excluding hydrogens is 304 g/mol. The molecule has 0 bridgehead atoms. The molecular formula is C17H20N6O. The number of anilines is 1. The van der Waals surface area contributed by atoms with Crippen molar-refractivity contribution in [1.29, 1.82) is 0 Å². The second-order valence-electron chi connectivity index (χ2n) is 5.50. The zero-order valence-corrected chi connectivity index (χ0v) is 13.8. The zero-order valence-electron chi connectivity index (χ0n) is 13.8. The summed E-state index contributed by atoms with van der Waals surface area (Å²) in [6.45, 7) is 2.93. The van der Waals surface area contributed by atoms with Gasteiger partial charge in [0.2, 0.25) is 5.95 Å². The van der Waals surface area contributed by atoms with Gasteiger partial charge < -0.3 is 10.1 Å². The molecule has 7 heteroatoms. The van der Waals surface area contributed by atoms with E-state index >= 15 is 0 Å². The molecule has 3 rings (SSSR count). The summed E-state index contributed by atoms with van der Waals surface area (Å²) in [6.07, 6.45) is 6.29. The third kappa shape index (κ3) is 4.07. The second kappa shape index (κ2) is 7.54. The standard InChI is InChI=1S/C17H20N6O/c1-13(7-10-23-9-4-8-19-23)20-17-21-16(12-18-22-17)14-5-3-6-15(11-14)24-2/h3-6,8-9,11-13H,7,10H2,1-2H3,(H,20,21,22). The van der Waals surface area contributed by atoms with Crippen LogP contribution in [0, 0.1) is 0 Å². The van der Waals surface area contributed by atoms with Crippen LogP contribution in [0.1, 0.15) is 13.3 Å². The number of hydrogen-bond acceptors (Lipinski definition) is 6. The molecule has 0 aliphatic carbocycles. The number of rotatable bonds is 7. The third-order valence-electron chi connectivity index (χ3n) is 3.65. The van der Waals surface area contributed by atoms with Crippen LogP contribution in [-0.4, -0.2) is 38.1 Å². The highest BCUT2D eigenvalue weighted by molar-refractivity contribution is 5.61. The molecule has 1 aromatic carbocycles. The lowest BCUT2D eigenvalue weighted by Gasteiger charge is -2.13. The van der Waals surface area contributed by atoms with Gasteiger partial charge in [-0.3, -0.25) is 4.68 Å². The highest BCUT2D eigenvalue weighted by Crippen LogP contribution is 2.22. The van der Waals surface area contributed by atoms with Gasteiger partial charge in [0, 0.05) is 30.5 Å². The molecule has 0 spiro atoms. The van der Waals surface area contributed by atoms with Gasteiger partial charge in [-0.2, -0.15) is 10.2 Å². The summed E-state index contributed by atoms with van der Waals surface area (Å²) >= 11 is 0. The van der Waals surface area contributed by atoms with Crippen LogP contribution < -0.4 is 10.1 Å². The Morgan fingerprint density at radius 1 is 1.29 bits per heavy atom. The summed E-state index contributed by atoms with van der Waals surface area (Å²) in [5.74, 6) is 1.30. The van der Waals surface area contributed by atoms with Crippen LogP contribution in [0.5, 0.6) is 5.75 Å². The molecule has 1 atom stereocenters. The summed E-state index contributed by atoms with van der Waals surface area (Å²) in [6, 6.07) is 9.84. The molecule has 0 aliphatic heterocycles. The van der Waals surface area contributed by atoms with Crippen molar-refractivity contribution in [2.24, 2.45) is 0 Å². The first-order valence-corrected chi connectivity index (χ1v) is 7.82. The van der Waals surface area contributed by atoms with Crippen LogP contribution in [0.4, 0.5) is 5.95 Å². The number of hydrogen-bond donors (Lipinski definition) is 1. The van der Waals surface area contributed by atoms with Gasteiger partial charge in [0.1, 0.15) is 5.75 Å². The maximum Gasteiger partial charge on any atom is 0.243 e. The molecule has 124 valence electrons. The van der Waals surface area contributed by atoms with Gasteiger partial charge in [0.05, 0.1) is 19.0 Å². The molecule has 0 saturated heterocycles. The van der Waals surface area contributed by atoms with Gasteiger partial charge in [-0.25, -0.2) is 4.98 Å². The Balaban J connectivity index is 1.66. The van der Waals surface area contributed by atoms with Crippen LogP contribution in [0.25, 0.3) is 11.3 Å². The summed E-state index contributed by atoms with van der Waals surface area (Å²) in [5, 5.41) is 15.6. The Kier molecular flexibility index (Phi) is 5.00. The largest absolute Gasteiger partial charge is 0.497 e. The SMILES string of the molecule is COc1cccc(-c2cnnc(NC(C)CCn3cccn3)n2)c1. The number of nitrogens with one attached hydrogen (secondary N) is 1. The van der Waals surface area contributed by atoms with Crippen molar-refractivity contribution in [2.45, 2.75) is 25.9 Å². The minimum Gasteiger partial charge on any atom is -0.497 e. The van der Waals surface area contributed by atoms with E-state index in [1.165, 1.54) is 0 Å². The first kappa shape index (κ1) is 15.9. The second-order valence-corrected chi connectivity index (χ2v) is 5.50. The molecule has 0 fully saturated rings. The molecule has 24 heavy (non-hydrogen) atoms. The van der Waals surface area contributed by atoms with Crippen molar-refractivity contribution in [1.82, 2.24) is 25.0 Å². The van der Waals surface area contributed by atoms with Gasteiger partial charge in [0.15, 0.2) is 0 Å². The van der Waals surface area contributed by atoms with Gasteiger partial charge in [-0.1, -0.05) is 12.1 Å². The number of aromatic nitrogens is 5. The summed E-state index contributed by atoms with van der Waals surface area (Å²) < 4.78 is 7.16. The molecule has 0 aliphatic rings. The molecule has 7 nitrogen and oxygen atoms in total. The topological polar surface area (TPSA) is 77.8 Å². The van der Waals surface area contributed by atoms with Gasteiger partial charge >= 0.3 is 0 Å². The minimum atomic E-state index is 0.205. The third-order valence-corrected chi connectivity index (χ3v) is 3.65. The van der Waals surface area contributed by atoms with Crippen molar-refractivity contribution < 1.29 is 4.74 Å². The molecule has 1 unspecified atom stereocenters. The summed E-state index contributed by atoms with van der Waals surface area (Å²) in [4.78, 5) is 4.54. The molecule has 1 N–H and O–H groups in total. The number of aryl methyl sites for hydroxylation is 1. The van der Waals surface area contributed by atoms with E-state index < -0.39 is 0 Å². The lowest BCUT2D eigenvalue weighted by molar-refractivity contribution is 0.415. The molecule has 0 amide bonds. The summed E-state index contributed by atoms with van der Waals surface area (Å²) in [5.41, 5.74) is 1.70. The highest BCUT2D eigenvalue weighted by atomic mass is 16.5. The maximum absolute atomic E-state index is 5.25. The van der Waals surface area contributed by atoms with Crippen LogP contribution in [0.15, 0.2) is 48.9 Å². The van der Waals surface area contributed by atoms with Crippen LogP contribution in [0.3, 0.4) is 0 Å². The quantitative estimate of drug-likeness (QED) is 0.720. The average molecular weight is 324 g/mol. The number of nitrogens with zero attached hydrogens (tertiary/aromatic N) is 5. The molecule has 0 saturated carbocycles. The highest BCUT2D eigenvalue weighted by Gasteiger charge is 2.08. The van der Waals surface area contributed by atoms with Gasteiger partial charge in [-0.05, 0) is 31.5 Å². The normalized spacial score (nSPS) is 11.9. The van der Waals surface area contributed by atoms with E-state index in [1.807, 2.05) is 41.2 Å². The summed E-state index contributed by atoms with van der Waals surface area (Å²) in [7, 11) is 1.64. The smallest absolute Gasteiger partial charge is 0.243 e. The van der Waals surface area contributed by atoms with Crippen molar-refractivity contribution in [2.75, 3.05) is 12.4 Å². The predicted octanol–water partition coefficient (Wildman–Crippen LogP) is 2.63. The fourth-order valence-corrected chi connectivity index (χ4v) is 2.34. The van der Waals surface area contributed by atoms with Crippen molar-refractivity contribution in [3.05, 3.63) is 48.9 Å². The Morgan fingerprint density at radius 2 is 2.21 bits per heavy atom. The monoisotopic (exact) mass is 324 g/mol. The van der Waals surface area contributed by atoms with Crippen molar-refractivity contribution >= 4 is 5.95 Å². The first-order valence-electron chi connectivity index (χ1n) is 7.82. The van der Waals surface area contributed by atoms with Crippen molar-refractivity contribution in [3.8, 4) is 17.0 Å². The van der Waals surface area contributed by atoms with E-state index in [9.17, 15) is 0 Å². The maximum atomic E-state index is 5.25. The molecule has 0 radical (unpaired) electrons. The van der Waals surface area contributed by atoms with Crippen molar-refractivity contribution in [3.63, 3.8) is 0 Å². The van der Waals surface area contributed by atoms with Crippen LogP contribution in [0.2, 0.25) is 0 Å². The fraction of sp³-hybridized carbons (Fsp3) is 0.294. The zero-order chi connectivity index (χ0) is 16.8. The van der Waals surface area contributed by atoms with Crippen LogP contribution >= 0.6 is 0 Å². The predicted molar refractivity (Wildman–Crippen MR) is 91.7 cm³/mol. The fourth-order valence-electron chi connectivity index (χ4n) is 2.34. The Morgan fingerprint density at radius 3 is 3.00 bits per heavy atom. The van der Waals surface area contributed by atoms with E-state index in [4.69, 9.17) is 4.74 Å². The van der Waals surface area contributed by atoms with E-state index in [-0.39, 0.29) is 6.04 Å². The lowest BCUT2D eigenvalue weighted by Crippen LogP contribution is -2.20. The minimum absolute atomic E-state index is 0.205. The van der Waals surface area contributed by atoms with Gasteiger partial charge in [-0.15, -0.1) is 5.10 Å². The Bertz CT molecular complexity index is 774.